The molecule has 5 heteroatoms. The summed E-state index contributed by atoms with van der Waals surface area (Å²) in [4.78, 5) is 8.14. The first-order chi connectivity index (χ1) is 8.17. The molecule has 0 spiro atoms. The highest BCUT2D eigenvalue weighted by Crippen LogP contribution is 2.22. The largest absolute Gasteiger partial charge is 0.473 e. The van der Waals surface area contributed by atoms with Gasteiger partial charge in [0.2, 0.25) is 5.88 Å². The van der Waals surface area contributed by atoms with Crippen molar-refractivity contribution in [2.75, 3.05) is 0 Å². The summed E-state index contributed by atoms with van der Waals surface area (Å²) in [6, 6.07) is 0. The van der Waals surface area contributed by atoms with E-state index in [1.165, 1.54) is 6.20 Å². The van der Waals surface area contributed by atoms with Gasteiger partial charge in [-0.05, 0) is 13.8 Å². The summed E-state index contributed by atoms with van der Waals surface area (Å²) in [5, 5.41) is 8.86. The predicted molar refractivity (Wildman–Crippen MR) is 61.6 cm³/mol. The predicted octanol–water partition coefficient (Wildman–Crippen LogP) is 1.30. The van der Waals surface area contributed by atoms with Crippen LogP contribution in [0.15, 0.2) is 12.4 Å². The topological polar surface area (TPSA) is 64.5 Å². The molecular formula is C12H18N2O3. The molecule has 1 aliphatic heterocycles. The third kappa shape index (κ3) is 3.38. The summed E-state index contributed by atoms with van der Waals surface area (Å²) in [6.07, 6.45) is 5.38. The number of hydrogen-bond donors (Lipinski definition) is 1. The number of nitrogens with zero attached hydrogens (tertiary/aromatic N) is 2. The molecule has 0 amide bonds. The SMILES string of the molecule is CC1CC(Oc2cnc(CO)cn2)CC(C)O1. The van der Waals surface area contributed by atoms with E-state index in [1.54, 1.807) is 6.20 Å². The fourth-order valence-corrected chi connectivity index (χ4v) is 2.10. The molecule has 0 aromatic carbocycles. The zero-order valence-electron chi connectivity index (χ0n) is 10.2. The van der Waals surface area contributed by atoms with Gasteiger partial charge in [0.25, 0.3) is 0 Å². The van der Waals surface area contributed by atoms with Crippen molar-refractivity contribution in [1.29, 1.82) is 0 Å². The van der Waals surface area contributed by atoms with E-state index in [4.69, 9.17) is 14.6 Å². The number of hydrogen-bond acceptors (Lipinski definition) is 5. The van der Waals surface area contributed by atoms with Crippen LogP contribution in [0, 0.1) is 0 Å². The van der Waals surface area contributed by atoms with Crippen LogP contribution in [-0.2, 0) is 11.3 Å². The molecule has 1 fully saturated rings. The fraction of sp³-hybridized carbons (Fsp3) is 0.667. The van der Waals surface area contributed by atoms with Crippen LogP contribution >= 0.6 is 0 Å². The number of ether oxygens (including phenoxy) is 2. The quantitative estimate of drug-likeness (QED) is 0.860. The Kier molecular flexibility index (Phi) is 3.91. The lowest BCUT2D eigenvalue weighted by Gasteiger charge is -2.31. The Labute approximate surface area is 101 Å². The van der Waals surface area contributed by atoms with Crippen molar-refractivity contribution < 1.29 is 14.6 Å². The van der Waals surface area contributed by atoms with Crippen molar-refractivity contribution >= 4 is 0 Å². The second-order valence-electron chi connectivity index (χ2n) is 4.47. The molecule has 94 valence electrons. The van der Waals surface area contributed by atoms with Crippen LogP contribution in [-0.4, -0.2) is 33.4 Å². The van der Waals surface area contributed by atoms with Gasteiger partial charge in [0, 0.05) is 12.8 Å². The van der Waals surface area contributed by atoms with Gasteiger partial charge < -0.3 is 14.6 Å². The molecule has 1 aromatic heterocycles. The van der Waals surface area contributed by atoms with Crippen molar-refractivity contribution in [3.8, 4) is 5.88 Å². The summed E-state index contributed by atoms with van der Waals surface area (Å²) in [6.45, 7) is 4.00. The van der Waals surface area contributed by atoms with Gasteiger partial charge in [-0.2, -0.15) is 0 Å². The molecule has 0 saturated carbocycles. The smallest absolute Gasteiger partial charge is 0.232 e. The molecule has 0 radical (unpaired) electrons. The van der Waals surface area contributed by atoms with Crippen molar-refractivity contribution in [2.24, 2.45) is 0 Å². The summed E-state index contributed by atoms with van der Waals surface area (Å²) in [7, 11) is 0. The first kappa shape index (κ1) is 12.3. The minimum absolute atomic E-state index is 0.0986. The average Bonchev–Trinajstić information content (AvgIpc) is 2.28. The van der Waals surface area contributed by atoms with Gasteiger partial charge in [-0.1, -0.05) is 0 Å². The first-order valence-corrected chi connectivity index (χ1v) is 5.91. The lowest BCUT2D eigenvalue weighted by atomic mass is 10.0. The lowest BCUT2D eigenvalue weighted by Crippen LogP contribution is -2.35. The van der Waals surface area contributed by atoms with Gasteiger partial charge in [0.05, 0.1) is 36.9 Å². The van der Waals surface area contributed by atoms with Gasteiger partial charge in [-0.25, -0.2) is 4.98 Å². The maximum Gasteiger partial charge on any atom is 0.232 e. The van der Waals surface area contributed by atoms with E-state index in [1.807, 2.05) is 13.8 Å². The summed E-state index contributed by atoms with van der Waals surface area (Å²) in [5.74, 6) is 0.508. The van der Waals surface area contributed by atoms with Crippen LogP contribution in [0.5, 0.6) is 5.88 Å². The molecule has 1 saturated heterocycles. The Bertz CT molecular complexity index is 345. The third-order valence-corrected chi connectivity index (χ3v) is 2.79. The summed E-state index contributed by atoms with van der Waals surface area (Å²) < 4.78 is 11.4. The van der Waals surface area contributed by atoms with E-state index in [9.17, 15) is 0 Å². The Morgan fingerprint density at radius 3 is 2.53 bits per heavy atom. The number of aromatic nitrogens is 2. The lowest BCUT2D eigenvalue weighted by molar-refractivity contribution is -0.0730. The van der Waals surface area contributed by atoms with Crippen LogP contribution in [0.2, 0.25) is 0 Å². The molecule has 1 N–H and O–H groups in total. The van der Waals surface area contributed by atoms with E-state index in [-0.39, 0.29) is 24.9 Å². The molecule has 2 atom stereocenters. The summed E-state index contributed by atoms with van der Waals surface area (Å²) >= 11 is 0. The van der Waals surface area contributed by atoms with E-state index in [2.05, 4.69) is 9.97 Å². The second kappa shape index (κ2) is 5.42. The van der Waals surface area contributed by atoms with Crippen LogP contribution in [0.25, 0.3) is 0 Å². The molecule has 5 nitrogen and oxygen atoms in total. The van der Waals surface area contributed by atoms with E-state index in [0.717, 1.165) is 12.8 Å². The fourth-order valence-electron chi connectivity index (χ4n) is 2.10. The van der Waals surface area contributed by atoms with Gasteiger partial charge in [0.15, 0.2) is 0 Å². The second-order valence-corrected chi connectivity index (χ2v) is 4.47. The molecule has 2 rings (SSSR count). The van der Waals surface area contributed by atoms with Crippen molar-refractivity contribution in [1.82, 2.24) is 9.97 Å². The van der Waals surface area contributed by atoms with Crippen LogP contribution in [0.4, 0.5) is 0 Å². The molecular weight excluding hydrogens is 220 g/mol. The highest BCUT2D eigenvalue weighted by molar-refractivity contribution is 5.07. The first-order valence-electron chi connectivity index (χ1n) is 5.91. The molecule has 2 unspecified atom stereocenters. The van der Waals surface area contributed by atoms with E-state index in [0.29, 0.717) is 11.6 Å². The number of rotatable bonds is 3. The highest BCUT2D eigenvalue weighted by atomic mass is 16.5. The summed E-state index contributed by atoms with van der Waals surface area (Å²) in [5.41, 5.74) is 0.547. The van der Waals surface area contributed by atoms with Gasteiger partial charge >= 0.3 is 0 Å². The minimum atomic E-state index is -0.0986. The Hall–Kier alpha value is -1.20. The molecule has 1 aromatic rings. The van der Waals surface area contributed by atoms with Crippen molar-refractivity contribution in [3.05, 3.63) is 18.1 Å². The van der Waals surface area contributed by atoms with Gasteiger partial charge in [0.1, 0.15) is 6.10 Å². The Morgan fingerprint density at radius 1 is 1.29 bits per heavy atom. The molecule has 0 aliphatic carbocycles. The van der Waals surface area contributed by atoms with Crippen LogP contribution in [0.3, 0.4) is 0 Å². The Morgan fingerprint density at radius 2 is 2.00 bits per heavy atom. The average molecular weight is 238 g/mol. The zero-order valence-corrected chi connectivity index (χ0v) is 10.2. The minimum Gasteiger partial charge on any atom is -0.473 e. The van der Waals surface area contributed by atoms with Gasteiger partial charge in [-0.3, -0.25) is 4.98 Å². The molecule has 2 heterocycles. The number of aliphatic hydroxyl groups excluding tert-OH is 1. The van der Waals surface area contributed by atoms with Crippen LogP contribution < -0.4 is 4.74 Å². The van der Waals surface area contributed by atoms with E-state index >= 15 is 0 Å². The zero-order chi connectivity index (χ0) is 12.3. The number of aliphatic hydroxyl groups is 1. The van der Waals surface area contributed by atoms with Gasteiger partial charge in [-0.15, -0.1) is 0 Å². The molecule has 17 heavy (non-hydrogen) atoms. The van der Waals surface area contributed by atoms with Crippen LogP contribution in [0.1, 0.15) is 32.4 Å². The van der Waals surface area contributed by atoms with Crippen molar-refractivity contribution in [2.45, 2.75) is 51.6 Å². The monoisotopic (exact) mass is 238 g/mol. The van der Waals surface area contributed by atoms with E-state index < -0.39 is 0 Å². The maximum atomic E-state index is 8.86. The third-order valence-electron chi connectivity index (χ3n) is 2.79. The Balaban J connectivity index is 1.95. The standard InChI is InChI=1S/C12H18N2O3/c1-8-3-11(4-9(2)16-8)17-12-6-13-10(7-15)5-14-12/h5-6,8-9,11,15H,3-4,7H2,1-2H3. The van der Waals surface area contributed by atoms with Crippen molar-refractivity contribution in [3.63, 3.8) is 0 Å². The maximum absolute atomic E-state index is 8.86. The highest BCUT2D eigenvalue weighted by Gasteiger charge is 2.26. The normalized spacial score (nSPS) is 29.0. The molecule has 0 bridgehead atoms. The molecule has 1 aliphatic rings.